The molecule has 0 amide bonds. The second kappa shape index (κ2) is 9.71. The zero-order valence-corrected chi connectivity index (χ0v) is 19.0. The first kappa shape index (κ1) is 23.7. The standard InChI is InChI=1S/C26H41F/c1-10-11-12-13-19(2)23(17-21(4)26(8,9)25(5,6)7)18-22-14-15-24(27)20(3)16-22/h14-16,18-19H,4,10-13,17H2,1-3,5-9H3. The zero-order chi connectivity index (χ0) is 20.8. The van der Waals surface area contributed by atoms with Crippen molar-refractivity contribution in [1.29, 1.82) is 0 Å². The molecule has 1 heteroatoms. The Labute approximate surface area is 168 Å². The van der Waals surface area contributed by atoms with Crippen LogP contribution in [-0.4, -0.2) is 0 Å². The van der Waals surface area contributed by atoms with Gasteiger partial charge in [-0.25, -0.2) is 4.39 Å². The van der Waals surface area contributed by atoms with Crippen LogP contribution in [0.15, 0.2) is 35.9 Å². The molecule has 0 nitrogen and oxygen atoms in total. The molecule has 0 aliphatic heterocycles. The molecule has 0 spiro atoms. The van der Waals surface area contributed by atoms with Crippen LogP contribution in [0, 0.1) is 29.5 Å². The molecule has 0 aliphatic carbocycles. The van der Waals surface area contributed by atoms with E-state index in [4.69, 9.17) is 0 Å². The summed E-state index contributed by atoms with van der Waals surface area (Å²) in [4.78, 5) is 0. The quantitative estimate of drug-likeness (QED) is 0.300. The molecule has 0 saturated heterocycles. The van der Waals surface area contributed by atoms with Gasteiger partial charge >= 0.3 is 0 Å². The maximum absolute atomic E-state index is 13.7. The van der Waals surface area contributed by atoms with Gasteiger partial charge in [-0.05, 0) is 59.8 Å². The first-order valence-corrected chi connectivity index (χ1v) is 10.5. The summed E-state index contributed by atoms with van der Waals surface area (Å²) >= 11 is 0. The Hall–Kier alpha value is -1.37. The Balaban J connectivity index is 3.15. The first-order chi connectivity index (χ1) is 12.4. The van der Waals surface area contributed by atoms with Gasteiger partial charge in [0, 0.05) is 0 Å². The van der Waals surface area contributed by atoms with Crippen LogP contribution in [0.25, 0.3) is 6.08 Å². The summed E-state index contributed by atoms with van der Waals surface area (Å²) in [6, 6.07) is 5.42. The van der Waals surface area contributed by atoms with E-state index >= 15 is 0 Å². The van der Waals surface area contributed by atoms with Gasteiger partial charge in [0.1, 0.15) is 5.82 Å². The van der Waals surface area contributed by atoms with E-state index in [1.165, 1.54) is 36.8 Å². The molecule has 1 unspecified atom stereocenters. The minimum atomic E-state index is -0.136. The van der Waals surface area contributed by atoms with Gasteiger partial charge in [-0.2, -0.15) is 0 Å². The van der Waals surface area contributed by atoms with E-state index in [2.05, 4.69) is 61.1 Å². The lowest BCUT2D eigenvalue weighted by Gasteiger charge is -2.41. The maximum atomic E-state index is 13.7. The van der Waals surface area contributed by atoms with Crippen LogP contribution in [0.5, 0.6) is 0 Å². The Kier molecular flexibility index (Phi) is 8.51. The Morgan fingerprint density at radius 1 is 1.15 bits per heavy atom. The lowest BCUT2D eigenvalue weighted by Crippen LogP contribution is -2.31. The molecule has 0 N–H and O–H groups in total. The number of unbranched alkanes of at least 4 members (excludes halogenated alkanes) is 2. The van der Waals surface area contributed by atoms with Crippen molar-refractivity contribution in [2.45, 2.75) is 87.5 Å². The van der Waals surface area contributed by atoms with Crippen molar-refractivity contribution in [2.24, 2.45) is 16.7 Å². The topological polar surface area (TPSA) is 0 Å². The molecule has 0 aliphatic rings. The van der Waals surface area contributed by atoms with E-state index < -0.39 is 0 Å². The molecule has 0 radical (unpaired) electrons. The van der Waals surface area contributed by atoms with Crippen LogP contribution in [0.2, 0.25) is 0 Å². The molecule has 0 heterocycles. The van der Waals surface area contributed by atoms with Crippen LogP contribution >= 0.6 is 0 Å². The first-order valence-electron chi connectivity index (χ1n) is 10.5. The second-order valence-electron chi connectivity index (χ2n) is 9.78. The van der Waals surface area contributed by atoms with Crippen LogP contribution < -0.4 is 0 Å². The molecule has 27 heavy (non-hydrogen) atoms. The van der Waals surface area contributed by atoms with E-state index in [0.717, 1.165) is 12.0 Å². The number of allylic oxidation sites excluding steroid dienone is 2. The van der Waals surface area contributed by atoms with Crippen molar-refractivity contribution in [3.63, 3.8) is 0 Å². The van der Waals surface area contributed by atoms with Gasteiger partial charge in [-0.15, -0.1) is 0 Å². The summed E-state index contributed by atoms with van der Waals surface area (Å²) in [5.41, 5.74) is 4.70. The van der Waals surface area contributed by atoms with Gasteiger partial charge in [-0.1, -0.05) is 97.6 Å². The molecular formula is C26H41F. The zero-order valence-electron chi connectivity index (χ0n) is 19.0. The molecule has 0 bridgehead atoms. The highest BCUT2D eigenvalue weighted by Crippen LogP contribution is 2.46. The monoisotopic (exact) mass is 372 g/mol. The van der Waals surface area contributed by atoms with E-state index in [0.29, 0.717) is 11.5 Å². The van der Waals surface area contributed by atoms with E-state index in [9.17, 15) is 4.39 Å². The smallest absolute Gasteiger partial charge is 0.126 e. The average Bonchev–Trinajstić information content (AvgIpc) is 2.56. The summed E-state index contributed by atoms with van der Waals surface area (Å²) in [7, 11) is 0. The molecule has 1 aromatic rings. The van der Waals surface area contributed by atoms with Crippen molar-refractivity contribution in [1.82, 2.24) is 0 Å². The van der Waals surface area contributed by atoms with Crippen LogP contribution in [0.3, 0.4) is 0 Å². The predicted molar refractivity (Wildman–Crippen MR) is 119 cm³/mol. The highest BCUT2D eigenvalue weighted by Gasteiger charge is 2.35. The van der Waals surface area contributed by atoms with Crippen molar-refractivity contribution in [3.8, 4) is 0 Å². The third-order valence-corrected chi connectivity index (χ3v) is 6.58. The SMILES string of the molecule is C=C(CC(=Cc1ccc(F)c(C)c1)C(C)CCCCC)C(C)(C)C(C)(C)C. The maximum Gasteiger partial charge on any atom is 0.126 e. The third-order valence-electron chi connectivity index (χ3n) is 6.58. The largest absolute Gasteiger partial charge is 0.207 e. The van der Waals surface area contributed by atoms with Crippen molar-refractivity contribution in [2.75, 3.05) is 0 Å². The minimum Gasteiger partial charge on any atom is -0.207 e. The highest BCUT2D eigenvalue weighted by atomic mass is 19.1. The van der Waals surface area contributed by atoms with Crippen molar-refractivity contribution < 1.29 is 4.39 Å². The van der Waals surface area contributed by atoms with Crippen LogP contribution in [-0.2, 0) is 0 Å². The van der Waals surface area contributed by atoms with Gasteiger partial charge in [0.25, 0.3) is 0 Å². The van der Waals surface area contributed by atoms with Crippen molar-refractivity contribution in [3.05, 3.63) is 52.9 Å². The number of hydrogen-bond acceptors (Lipinski definition) is 0. The highest BCUT2D eigenvalue weighted by molar-refractivity contribution is 5.55. The number of rotatable bonds is 9. The van der Waals surface area contributed by atoms with E-state index in [1.807, 2.05) is 19.1 Å². The molecule has 0 fully saturated rings. The summed E-state index contributed by atoms with van der Waals surface area (Å²) in [5.74, 6) is 0.373. The number of aryl methyl sites for hydroxylation is 1. The molecule has 152 valence electrons. The average molecular weight is 373 g/mol. The number of benzene rings is 1. The Bertz CT molecular complexity index is 655. The minimum absolute atomic E-state index is 0.0495. The molecular weight excluding hydrogens is 331 g/mol. The summed E-state index contributed by atoms with van der Waals surface area (Å²) in [6.07, 6.45) is 8.16. The fourth-order valence-electron chi connectivity index (χ4n) is 3.22. The van der Waals surface area contributed by atoms with Gasteiger partial charge in [0.15, 0.2) is 0 Å². The fraction of sp³-hybridized carbons (Fsp3) is 0.615. The van der Waals surface area contributed by atoms with Gasteiger partial charge in [0.05, 0.1) is 0 Å². The normalized spacial score (nSPS) is 14.3. The lowest BCUT2D eigenvalue weighted by molar-refractivity contribution is 0.174. The van der Waals surface area contributed by atoms with Gasteiger partial charge < -0.3 is 0 Å². The van der Waals surface area contributed by atoms with E-state index in [1.54, 1.807) is 6.07 Å². The predicted octanol–water partition coefficient (Wildman–Crippen LogP) is 8.75. The van der Waals surface area contributed by atoms with E-state index in [-0.39, 0.29) is 16.6 Å². The molecule has 1 rings (SSSR count). The number of hydrogen-bond donors (Lipinski definition) is 0. The summed E-state index contributed by atoms with van der Waals surface area (Å²) in [6.45, 7) is 22.4. The van der Waals surface area contributed by atoms with Crippen molar-refractivity contribution >= 4 is 6.08 Å². The lowest BCUT2D eigenvalue weighted by atomic mass is 9.64. The molecule has 1 atom stereocenters. The van der Waals surface area contributed by atoms with Crippen LogP contribution in [0.1, 0.15) is 91.7 Å². The number of halogens is 1. The molecule has 1 aromatic carbocycles. The fourth-order valence-corrected chi connectivity index (χ4v) is 3.22. The summed E-state index contributed by atoms with van der Waals surface area (Å²) < 4.78 is 13.7. The third kappa shape index (κ3) is 6.63. The van der Waals surface area contributed by atoms with Crippen LogP contribution in [0.4, 0.5) is 4.39 Å². The summed E-state index contributed by atoms with van der Waals surface area (Å²) in [5, 5.41) is 0. The Morgan fingerprint density at radius 2 is 1.78 bits per heavy atom. The molecule has 0 saturated carbocycles. The second-order valence-corrected chi connectivity index (χ2v) is 9.78. The van der Waals surface area contributed by atoms with Gasteiger partial charge in [-0.3, -0.25) is 0 Å². The molecule has 0 aromatic heterocycles. The Morgan fingerprint density at radius 3 is 2.30 bits per heavy atom. The van der Waals surface area contributed by atoms with Gasteiger partial charge in [0.2, 0.25) is 0 Å².